The lowest BCUT2D eigenvalue weighted by molar-refractivity contribution is -0.275. The largest absolute Gasteiger partial charge is 0.493 e. The van der Waals surface area contributed by atoms with Gasteiger partial charge in [-0.2, -0.15) is 17.6 Å². The summed E-state index contributed by atoms with van der Waals surface area (Å²) in [5.74, 6) is -7.64. The first-order valence-corrected chi connectivity index (χ1v) is 12.4. The number of primary amides is 1. The molecule has 1 unspecified atom stereocenters. The molecule has 0 bridgehead atoms. The number of methoxy groups -OCH3 is 1. The lowest BCUT2D eigenvalue weighted by atomic mass is 9.77. The van der Waals surface area contributed by atoms with Crippen LogP contribution in [-0.2, 0) is 14.3 Å². The number of halogens is 5. The first-order chi connectivity index (χ1) is 19.3. The zero-order chi connectivity index (χ0) is 29.9. The van der Waals surface area contributed by atoms with Crippen LogP contribution in [0.2, 0.25) is 0 Å². The van der Waals surface area contributed by atoms with E-state index in [9.17, 15) is 31.5 Å². The molecule has 3 aromatic rings. The van der Waals surface area contributed by atoms with E-state index in [-0.39, 0.29) is 47.2 Å². The Morgan fingerprint density at radius 3 is 2.59 bits per heavy atom. The molecule has 220 valence electrons. The van der Waals surface area contributed by atoms with Gasteiger partial charge in [-0.1, -0.05) is 13.0 Å². The van der Waals surface area contributed by atoms with Crippen molar-refractivity contribution in [2.45, 2.75) is 43.8 Å². The molecule has 2 saturated heterocycles. The maximum Gasteiger partial charge on any atom is 0.417 e. The number of anilines is 1. The molecule has 5 N–H and O–H groups in total. The second-order valence-corrected chi connectivity index (χ2v) is 9.92. The summed E-state index contributed by atoms with van der Waals surface area (Å²) < 4.78 is 87.6. The van der Waals surface area contributed by atoms with Gasteiger partial charge in [0.05, 0.1) is 19.4 Å². The number of carbonyl (C=O) groups is 2. The number of nitrogens with two attached hydrogens (primary N) is 1. The predicted molar refractivity (Wildman–Crippen MR) is 132 cm³/mol. The number of pyridine rings is 1. The fraction of sp³-hybridized carbons (Fsp3) is 0.440. The highest BCUT2D eigenvalue weighted by Crippen LogP contribution is 2.59. The van der Waals surface area contributed by atoms with Crippen molar-refractivity contribution < 1.29 is 45.8 Å². The van der Waals surface area contributed by atoms with Crippen LogP contribution in [-0.4, -0.2) is 65.0 Å². The molecular weight excluding hydrogens is 559 g/mol. The zero-order valence-corrected chi connectivity index (χ0v) is 21.9. The number of benzene rings is 1. The Morgan fingerprint density at radius 2 is 1.98 bits per heavy atom. The van der Waals surface area contributed by atoms with Crippen molar-refractivity contribution in [3.63, 3.8) is 0 Å². The number of carbonyl (C=O) groups excluding carboxylic acids is 2. The van der Waals surface area contributed by atoms with Crippen molar-refractivity contribution in [2.24, 2.45) is 11.7 Å². The molecule has 2 amide bonds. The predicted octanol–water partition coefficient (Wildman–Crippen LogP) is 3.04. The Bertz CT molecular complexity index is 1520. The molecular formula is C25H25F5N6O5. The van der Waals surface area contributed by atoms with Gasteiger partial charge in [-0.3, -0.25) is 14.9 Å². The van der Waals surface area contributed by atoms with Gasteiger partial charge < -0.3 is 30.2 Å². The molecule has 0 aliphatic carbocycles. The van der Waals surface area contributed by atoms with Gasteiger partial charge in [0.25, 0.3) is 11.8 Å². The molecule has 5 atom stereocenters. The van der Waals surface area contributed by atoms with E-state index in [1.54, 1.807) is 0 Å². The van der Waals surface area contributed by atoms with Crippen LogP contribution in [0.3, 0.4) is 0 Å². The van der Waals surface area contributed by atoms with E-state index >= 15 is 0 Å². The summed E-state index contributed by atoms with van der Waals surface area (Å²) in [6, 6.07) is 3.23. The zero-order valence-electron chi connectivity index (χ0n) is 21.9. The summed E-state index contributed by atoms with van der Waals surface area (Å²) in [6.07, 6.45) is -7.19. The number of alkyl halides is 3. The first-order valence-electron chi connectivity index (χ1n) is 12.4. The minimum Gasteiger partial charge on any atom is -0.493 e. The molecule has 0 radical (unpaired) electrons. The molecule has 2 fully saturated rings. The number of hydrogen-bond acceptors (Lipinski definition) is 8. The van der Waals surface area contributed by atoms with E-state index in [2.05, 4.69) is 25.6 Å². The number of nitrogens with one attached hydrogen (secondary N) is 3. The van der Waals surface area contributed by atoms with Crippen LogP contribution in [0, 0.1) is 17.6 Å². The van der Waals surface area contributed by atoms with Crippen molar-refractivity contribution >= 4 is 28.7 Å². The van der Waals surface area contributed by atoms with E-state index in [1.807, 2.05) is 0 Å². The van der Waals surface area contributed by atoms with Crippen LogP contribution in [0.15, 0.2) is 18.2 Å². The fourth-order valence-electron chi connectivity index (χ4n) is 5.24. The SMILES string of the molecule is COc1c([C@H]2[C@H](c3nc4c(C(N)=O)nc(NC(=O)C5CNCO5)cc4[nH]3)O[C@@](C)(C(F)(F)F)[C@H]2C)ccc(F)c1F. The fourth-order valence-corrected chi connectivity index (χ4v) is 5.24. The number of amides is 2. The van der Waals surface area contributed by atoms with Crippen LogP contribution in [0.1, 0.15) is 47.7 Å². The van der Waals surface area contributed by atoms with E-state index in [0.717, 1.165) is 26.2 Å². The average molecular weight is 585 g/mol. The third kappa shape index (κ3) is 4.74. The third-order valence-corrected chi connectivity index (χ3v) is 7.56. The van der Waals surface area contributed by atoms with E-state index in [0.29, 0.717) is 0 Å². The van der Waals surface area contributed by atoms with Gasteiger partial charge in [-0.25, -0.2) is 14.4 Å². The Labute approximate surface area is 228 Å². The van der Waals surface area contributed by atoms with Gasteiger partial charge >= 0.3 is 6.18 Å². The Balaban J connectivity index is 1.63. The van der Waals surface area contributed by atoms with Crippen LogP contribution in [0.25, 0.3) is 11.0 Å². The molecule has 41 heavy (non-hydrogen) atoms. The highest BCUT2D eigenvalue weighted by Gasteiger charge is 2.65. The maximum absolute atomic E-state index is 14.7. The monoisotopic (exact) mass is 584 g/mol. The van der Waals surface area contributed by atoms with Gasteiger partial charge in [0.2, 0.25) is 5.82 Å². The first kappa shape index (κ1) is 28.6. The number of ether oxygens (including phenoxy) is 3. The van der Waals surface area contributed by atoms with E-state index < -0.39 is 65.0 Å². The highest BCUT2D eigenvalue weighted by atomic mass is 19.4. The van der Waals surface area contributed by atoms with Crippen LogP contribution in [0.5, 0.6) is 5.75 Å². The van der Waals surface area contributed by atoms with Crippen molar-refractivity contribution in [2.75, 3.05) is 25.7 Å². The van der Waals surface area contributed by atoms with Gasteiger partial charge in [0.15, 0.2) is 29.0 Å². The van der Waals surface area contributed by atoms with E-state index in [1.165, 1.54) is 13.0 Å². The average Bonchev–Trinajstić information content (AvgIpc) is 3.64. The number of rotatable bonds is 6. The third-order valence-electron chi connectivity index (χ3n) is 7.56. The molecule has 2 aliphatic rings. The van der Waals surface area contributed by atoms with Crippen molar-refractivity contribution in [3.8, 4) is 5.75 Å². The molecule has 2 aromatic heterocycles. The Morgan fingerprint density at radius 1 is 1.24 bits per heavy atom. The minimum atomic E-state index is -4.87. The van der Waals surface area contributed by atoms with Gasteiger partial charge in [0.1, 0.15) is 23.3 Å². The van der Waals surface area contributed by atoms with Gasteiger partial charge in [0, 0.05) is 30.0 Å². The topological polar surface area (TPSA) is 153 Å². The molecule has 1 aromatic carbocycles. The highest BCUT2D eigenvalue weighted by molar-refractivity contribution is 6.04. The number of nitrogens with zero attached hydrogens (tertiary/aromatic N) is 2. The number of H-pyrrole nitrogens is 1. The molecule has 4 heterocycles. The molecule has 16 heteroatoms. The number of hydrogen-bond donors (Lipinski definition) is 4. The number of imidazole rings is 1. The van der Waals surface area contributed by atoms with Crippen LogP contribution >= 0.6 is 0 Å². The minimum absolute atomic E-state index is 0.0799. The molecule has 5 rings (SSSR count). The van der Waals surface area contributed by atoms with Crippen LogP contribution in [0.4, 0.5) is 27.8 Å². The summed E-state index contributed by atoms with van der Waals surface area (Å²) >= 11 is 0. The summed E-state index contributed by atoms with van der Waals surface area (Å²) in [5, 5.41) is 5.35. The number of fused-ring (bicyclic) bond motifs is 1. The molecule has 11 nitrogen and oxygen atoms in total. The maximum atomic E-state index is 14.7. The lowest BCUT2D eigenvalue weighted by Crippen LogP contribution is -2.46. The van der Waals surface area contributed by atoms with E-state index in [4.69, 9.17) is 19.9 Å². The molecule has 2 aliphatic heterocycles. The number of aromatic amines is 1. The summed E-state index contributed by atoms with van der Waals surface area (Å²) in [5.41, 5.74) is 2.30. The smallest absolute Gasteiger partial charge is 0.417 e. The molecule has 0 saturated carbocycles. The second-order valence-electron chi connectivity index (χ2n) is 9.92. The van der Waals surface area contributed by atoms with Gasteiger partial charge in [-0.05, 0) is 13.0 Å². The summed E-state index contributed by atoms with van der Waals surface area (Å²) in [6.45, 7) is 2.53. The lowest BCUT2D eigenvalue weighted by Gasteiger charge is -2.32. The number of aromatic nitrogens is 3. The summed E-state index contributed by atoms with van der Waals surface area (Å²) in [7, 11) is 1.06. The van der Waals surface area contributed by atoms with Crippen molar-refractivity contribution in [1.82, 2.24) is 20.3 Å². The second kappa shape index (κ2) is 10.2. The van der Waals surface area contributed by atoms with Gasteiger partial charge in [-0.15, -0.1) is 0 Å². The Kier molecular flexibility index (Phi) is 7.11. The van der Waals surface area contributed by atoms with Crippen molar-refractivity contribution in [3.05, 3.63) is 46.9 Å². The standard InChI is InChI=1S/C25H25F5N6O5/c1-9-15(10-4-5-11(26)16(27)19(10)39-3)20(41-24(9,2)25(28,29)30)22-33-12-6-14(34-18(21(31)37)17(12)36-22)35-23(38)13-7-32-8-40-13/h4-6,9,13,15,20,32H,7-8H2,1-3H3,(H2,31,37)(H,33,36)(H,34,35,38)/t9-,13?,15-,20+,24+/m0/s1. The van der Waals surface area contributed by atoms with Crippen LogP contribution < -0.4 is 21.1 Å². The quantitative estimate of drug-likeness (QED) is 0.323. The molecule has 0 spiro atoms. The Hall–Kier alpha value is -3.89. The normalized spacial score (nSPS) is 26.4. The summed E-state index contributed by atoms with van der Waals surface area (Å²) in [4.78, 5) is 36.0. The van der Waals surface area contributed by atoms with Crippen molar-refractivity contribution in [1.29, 1.82) is 0 Å².